The molecular weight excluding hydrogens is 340 g/mol. The summed E-state index contributed by atoms with van der Waals surface area (Å²) in [6, 6.07) is 24.8. The summed E-state index contributed by atoms with van der Waals surface area (Å²) in [6.07, 6.45) is 2.50. The maximum absolute atomic E-state index is 11.8. The van der Waals surface area contributed by atoms with E-state index in [4.69, 9.17) is 9.47 Å². The van der Waals surface area contributed by atoms with Crippen molar-refractivity contribution in [2.75, 3.05) is 6.61 Å². The van der Waals surface area contributed by atoms with Gasteiger partial charge < -0.3 is 9.47 Å². The van der Waals surface area contributed by atoms with Crippen molar-refractivity contribution >= 4 is 12.3 Å². The van der Waals surface area contributed by atoms with Crippen molar-refractivity contribution < 1.29 is 19.1 Å². The van der Waals surface area contributed by atoms with E-state index in [1.807, 2.05) is 24.3 Å². The van der Waals surface area contributed by atoms with Gasteiger partial charge in [-0.1, -0.05) is 61.2 Å². The van der Waals surface area contributed by atoms with Crippen molar-refractivity contribution in [3.63, 3.8) is 0 Å². The van der Waals surface area contributed by atoms with E-state index in [0.29, 0.717) is 23.7 Å². The van der Waals surface area contributed by atoms with E-state index in [0.717, 1.165) is 11.8 Å². The van der Waals surface area contributed by atoms with Crippen LogP contribution in [-0.4, -0.2) is 18.9 Å². The molecule has 0 saturated heterocycles. The molecule has 3 aromatic carbocycles. The van der Waals surface area contributed by atoms with Crippen molar-refractivity contribution in [2.24, 2.45) is 0 Å². The Bertz CT molecular complexity index is 841. The van der Waals surface area contributed by atoms with Crippen LogP contribution in [0.4, 0.5) is 0 Å². The minimum atomic E-state index is -0.375. The van der Waals surface area contributed by atoms with Gasteiger partial charge in [-0.25, -0.2) is 4.79 Å². The monoisotopic (exact) mass is 360 g/mol. The second kappa shape index (κ2) is 11.1. The highest BCUT2D eigenvalue weighted by Gasteiger charge is 2.07. The number of carbonyl (C=O) groups is 2. The molecule has 4 nitrogen and oxygen atoms in total. The Kier molecular flexibility index (Phi) is 8.05. The van der Waals surface area contributed by atoms with Gasteiger partial charge in [0.2, 0.25) is 0 Å². The summed E-state index contributed by atoms with van der Waals surface area (Å²) in [6.45, 7) is 4.02. The number of carbonyl (C=O) groups excluding carboxylic acids is 2. The number of rotatable bonds is 6. The summed E-state index contributed by atoms with van der Waals surface area (Å²) in [5.74, 6) is 0.819. The number of benzene rings is 3. The predicted molar refractivity (Wildman–Crippen MR) is 105 cm³/mol. The molecule has 0 N–H and O–H groups in total. The second-order valence-corrected chi connectivity index (χ2v) is 5.36. The first kappa shape index (κ1) is 19.7. The van der Waals surface area contributed by atoms with Crippen molar-refractivity contribution in [2.45, 2.75) is 0 Å². The van der Waals surface area contributed by atoms with Crippen molar-refractivity contribution in [3.05, 3.63) is 109 Å². The normalized spacial score (nSPS) is 9.33. The van der Waals surface area contributed by atoms with E-state index in [2.05, 4.69) is 6.58 Å². The highest BCUT2D eigenvalue weighted by molar-refractivity contribution is 5.90. The SMILES string of the molecule is C=CCOc1ccc(OC(=O)c2ccccc2)cc1.O=Cc1ccccc1. The molecule has 136 valence electrons. The molecule has 0 atom stereocenters. The Morgan fingerprint density at radius 1 is 0.815 bits per heavy atom. The van der Waals surface area contributed by atoms with Gasteiger partial charge in [0.15, 0.2) is 0 Å². The zero-order valence-corrected chi connectivity index (χ0v) is 14.8. The molecule has 27 heavy (non-hydrogen) atoms. The van der Waals surface area contributed by atoms with Crippen LogP contribution in [0, 0.1) is 0 Å². The standard InChI is InChI=1S/C16H14O3.C7H6O/c1-2-12-18-14-8-10-15(11-9-14)19-16(17)13-6-4-3-5-7-13;8-6-7-4-2-1-3-5-7/h2-11H,1,12H2;1-6H. The lowest BCUT2D eigenvalue weighted by Crippen LogP contribution is -2.07. The molecule has 0 aliphatic rings. The average molecular weight is 360 g/mol. The van der Waals surface area contributed by atoms with E-state index in [-0.39, 0.29) is 5.97 Å². The molecule has 0 spiro atoms. The third-order valence-corrected chi connectivity index (χ3v) is 3.35. The van der Waals surface area contributed by atoms with E-state index in [1.165, 1.54) is 0 Å². The molecule has 4 heteroatoms. The molecular formula is C23H20O4. The first-order chi connectivity index (χ1) is 13.2. The molecule has 3 rings (SSSR count). The van der Waals surface area contributed by atoms with Crippen LogP contribution >= 0.6 is 0 Å². The molecule has 0 amide bonds. The number of esters is 1. The number of hydrogen-bond acceptors (Lipinski definition) is 4. The van der Waals surface area contributed by atoms with Crippen LogP contribution < -0.4 is 9.47 Å². The fourth-order valence-electron chi connectivity index (χ4n) is 2.03. The van der Waals surface area contributed by atoms with Crippen LogP contribution in [0.3, 0.4) is 0 Å². The Hall–Kier alpha value is -3.66. The van der Waals surface area contributed by atoms with Gasteiger partial charge in [-0.2, -0.15) is 0 Å². The Labute approximate surface area is 158 Å². The molecule has 0 aliphatic heterocycles. The highest BCUT2D eigenvalue weighted by atomic mass is 16.5. The molecule has 0 radical (unpaired) electrons. The van der Waals surface area contributed by atoms with Crippen LogP contribution in [0.15, 0.2) is 97.6 Å². The fraction of sp³-hybridized carbons (Fsp3) is 0.0435. The second-order valence-electron chi connectivity index (χ2n) is 5.36. The van der Waals surface area contributed by atoms with Crippen LogP contribution in [0.2, 0.25) is 0 Å². The number of aldehydes is 1. The van der Waals surface area contributed by atoms with E-state index >= 15 is 0 Å². The third kappa shape index (κ3) is 7.00. The first-order valence-electron chi connectivity index (χ1n) is 8.34. The van der Waals surface area contributed by atoms with Gasteiger partial charge in [-0.15, -0.1) is 0 Å². The lowest BCUT2D eigenvalue weighted by Gasteiger charge is -2.06. The summed E-state index contributed by atoms with van der Waals surface area (Å²) in [5, 5.41) is 0. The summed E-state index contributed by atoms with van der Waals surface area (Å²) in [4.78, 5) is 21.8. The van der Waals surface area contributed by atoms with Gasteiger partial charge in [0.25, 0.3) is 0 Å². The summed E-state index contributed by atoms with van der Waals surface area (Å²) >= 11 is 0. The molecule has 0 unspecified atom stereocenters. The van der Waals surface area contributed by atoms with Crippen LogP contribution in [0.25, 0.3) is 0 Å². The lowest BCUT2D eigenvalue weighted by atomic mass is 10.2. The molecule has 3 aromatic rings. The third-order valence-electron chi connectivity index (χ3n) is 3.35. The number of ether oxygens (including phenoxy) is 2. The van der Waals surface area contributed by atoms with Gasteiger partial charge in [0.05, 0.1) is 5.56 Å². The van der Waals surface area contributed by atoms with E-state index < -0.39 is 0 Å². The molecule has 0 saturated carbocycles. The lowest BCUT2D eigenvalue weighted by molar-refractivity contribution is 0.0734. The molecule has 0 aliphatic carbocycles. The topological polar surface area (TPSA) is 52.6 Å². The fourth-order valence-corrected chi connectivity index (χ4v) is 2.03. The van der Waals surface area contributed by atoms with Crippen molar-refractivity contribution in [1.29, 1.82) is 0 Å². The van der Waals surface area contributed by atoms with Gasteiger partial charge in [-0.05, 0) is 36.4 Å². The van der Waals surface area contributed by atoms with Gasteiger partial charge in [0, 0.05) is 5.56 Å². The van der Waals surface area contributed by atoms with E-state index in [9.17, 15) is 9.59 Å². The van der Waals surface area contributed by atoms with Gasteiger partial charge >= 0.3 is 5.97 Å². The van der Waals surface area contributed by atoms with E-state index in [1.54, 1.807) is 66.7 Å². The first-order valence-corrected chi connectivity index (χ1v) is 8.34. The largest absolute Gasteiger partial charge is 0.490 e. The Morgan fingerprint density at radius 2 is 1.37 bits per heavy atom. The minimum Gasteiger partial charge on any atom is -0.490 e. The Balaban J connectivity index is 0.000000273. The number of hydrogen-bond donors (Lipinski definition) is 0. The average Bonchev–Trinajstić information content (AvgIpc) is 2.75. The highest BCUT2D eigenvalue weighted by Crippen LogP contribution is 2.18. The van der Waals surface area contributed by atoms with Crippen molar-refractivity contribution in [1.82, 2.24) is 0 Å². The molecule has 0 bridgehead atoms. The summed E-state index contributed by atoms with van der Waals surface area (Å²) < 4.78 is 10.6. The van der Waals surface area contributed by atoms with Crippen LogP contribution in [0.1, 0.15) is 20.7 Å². The van der Waals surface area contributed by atoms with Crippen LogP contribution in [-0.2, 0) is 0 Å². The van der Waals surface area contributed by atoms with Gasteiger partial charge in [-0.3, -0.25) is 4.79 Å². The van der Waals surface area contributed by atoms with Crippen LogP contribution in [0.5, 0.6) is 11.5 Å². The molecule has 0 aromatic heterocycles. The summed E-state index contributed by atoms with van der Waals surface area (Å²) in [7, 11) is 0. The van der Waals surface area contributed by atoms with Gasteiger partial charge in [0.1, 0.15) is 24.4 Å². The molecule has 0 heterocycles. The maximum atomic E-state index is 11.8. The minimum absolute atomic E-state index is 0.375. The quantitative estimate of drug-likeness (QED) is 0.270. The zero-order chi connectivity index (χ0) is 19.3. The smallest absolute Gasteiger partial charge is 0.343 e. The Morgan fingerprint density at radius 3 is 1.89 bits per heavy atom. The summed E-state index contributed by atoms with van der Waals surface area (Å²) in [5.41, 5.74) is 1.25. The van der Waals surface area contributed by atoms with Crippen molar-refractivity contribution in [3.8, 4) is 11.5 Å². The predicted octanol–water partition coefficient (Wildman–Crippen LogP) is 4.97. The maximum Gasteiger partial charge on any atom is 0.343 e. The zero-order valence-electron chi connectivity index (χ0n) is 14.8. The molecule has 0 fully saturated rings.